The number of benzene rings is 2. The fourth-order valence-corrected chi connectivity index (χ4v) is 4.21. The molecule has 0 saturated carbocycles. The lowest BCUT2D eigenvalue weighted by molar-refractivity contribution is 0.119. The van der Waals surface area contributed by atoms with E-state index < -0.39 is 5.82 Å². The van der Waals surface area contributed by atoms with Crippen LogP contribution in [0, 0.1) is 12.7 Å². The minimum Gasteiger partial charge on any atom is -0.316 e. The van der Waals surface area contributed by atoms with Gasteiger partial charge in [-0.05, 0) is 49.6 Å². The summed E-state index contributed by atoms with van der Waals surface area (Å²) in [7, 11) is 0. The number of amides is 2. The number of halogens is 1. The number of piperidine rings is 1. The molecule has 1 aromatic heterocycles. The molecular weight excluding hydrogens is 403 g/mol. The molecule has 1 N–H and O–H groups in total. The Morgan fingerprint density at radius 1 is 1.03 bits per heavy atom. The van der Waals surface area contributed by atoms with Gasteiger partial charge in [-0.3, -0.25) is 9.88 Å². The molecule has 32 heavy (non-hydrogen) atoms. The summed E-state index contributed by atoms with van der Waals surface area (Å²) in [4.78, 5) is 22.0. The van der Waals surface area contributed by atoms with Crippen LogP contribution in [0.5, 0.6) is 0 Å². The van der Waals surface area contributed by atoms with Crippen molar-refractivity contribution in [2.45, 2.75) is 38.9 Å². The van der Waals surface area contributed by atoms with E-state index in [1.807, 2.05) is 36.1 Å². The van der Waals surface area contributed by atoms with Crippen LogP contribution >= 0.6 is 0 Å². The van der Waals surface area contributed by atoms with E-state index in [0.29, 0.717) is 6.54 Å². The lowest BCUT2D eigenvalue weighted by Crippen LogP contribution is -2.48. The number of carbonyl (C=O) groups is 1. The number of carbonyl (C=O) groups excluding carboxylic acids is 1. The zero-order valence-electron chi connectivity index (χ0n) is 18.4. The van der Waals surface area contributed by atoms with Crippen molar-refractivity contribution in [3.63, 3.8) is 0 Å². The molecule has 2 aromatic carbocycles. The second kappa shape index (κ2) is 10.4. The molecule has 4 rings (SSSR count). The highest BCUT2D eigenvalue weighted by molar-refractivity contribution is 5.89. The Balaban J connectivity index is 1.46. The highest BCUT2D eigenvalue weighted by atomic mass is 19.1. The van der Waals surface area contributed by atoms with Crippen molar-refractivity contribution in [1.82, 2.24) is 14.8 Å². The number of nitrogens with one attached hydrogen (secondary N) is 1. The van der Waals surface area contributed by atoms with Crippen LogP contribution in [0.3, 0.4) is 0 Å². The topological polar surface area (TPSA) is 48.5 Å². The molecule has 0 bridgehead atoms. The molecule has 1 aliphatic heterocycles. The second-order valence-corrected chi connectivity index (χ2v) is 8.30. The third-order valence-corrected chi connectivity index (χ3v) is 5.90. The first-order valence-electron chi connectivity index (χ1n) is 11.1. The number of nitrogens with zero attached hydrogens (tertiary/aromatic N) is 3. The number of urea groups is 1. The highest BCUT2D eigenvalue weighted by Crippen LogP contribution is 2.22. The van der Waals surface area contributed by atoms with Crippen molar-refractivity contribution in [3.8, 4) is 0 Å². The van der Waals surface area contributed by atoms with Crippen molar-refractivity contribution in [2.75, 3.05) is 18.4 Å². The van der Waals surface area contributed by atoms with E-state index in [2.05, 4.69) is 39.5 Å². The van der Waals surface area contributed by atoms with Crippen molar-refractivity contribution >= 4 is 11.7 Å². The molecule has 3 aromatic rings. The van der Waals surface area contributed by atoms with Gasteiger partial charge < -0.3 is 10.2 Å². The molecular formula is C26H29FN4O. The van der Waals surface area contributed by atoms with Crippen LogP contribution in [-0.2, 0) is 13.1 Å². The van der Waals surface area contributed by atoms with Gasteiger partial charge in [0.25, 0.3) is 0 Å². The van der Waals surface area contributed by atoms with E-state index in [-0.39, 0.29) is 17.8 Å². The lowest BCUT2D eigenvalue weighted by Gasteiger charge is -2.38. The zero-order chi connectivity index (χ0) is 22.3. The van der Waals surface area contributed by atoms with Crippen LogP contribution in [-0.4, -0.2) is 39.9 Å². The summed E-state index contributed by atoms with van der Waals surface area (Å²) in [6.07, 6.45) is 1.73. The van der Waals surface area contributed by atoms with Crippen molar-refractivity contribution < 1.29 is 9.18 Å². The summed E-state index contributed by atoms with van der Waals surface area (Å²) in [5.74, 6) is -0.438. The average molecular weight is 433 g/mol. The van der Waals surface area contributed by atoms with E-state index in [9.17, 15) is 9.18 Å². The SMILES string of the molecule is Cc1cccc(CN(C(=O)Nc2ccccc2F)C2CCN(Cc3ccccc3)CC2)n1. The third-order valence-electron chi connectivity index (χ3n) is 5.90. The number of aryl methyl sites for hydroxylation is 1. The fraction of sp³-hybridized carbons (Fsp3) is 0.308. The number of hydrogen-bond acceptors (Lipinski definition) is 3. The maximum atomic E-state index is 14.1. The van der Waals surface area contributed by atoms with E-state index in [1.54, 1.807) is 18.2 Å². The molecule has 2 heterocycles. The Kier molecular flexibility index (Phi) is 7.12. The third kappa shape index (κ3) is 5.71. The summed E-state index contributed by atoms with van der Waals surface area (Å²) >= 11 is 0. The molecule has 0 atom stereocenters. The molecule has 0 spiro atoms. The van der Waals surface area contributed by atoms with Gasteiger partial charge in [-0.1, -0.05) is 48.5 Å². The minimum atomic E-state index is -0.438. The van der Waals surface area contributed by atoms with Gasteiger partial charge in [0.15, 0.2) is 0 Å². The molecule has 0 unspecified atom stereocenters. The molecule has 0 aliphatic carbocycles. The standard InChI is InChI=1S/C26H29FN4O/c1-20-8-7-11-22(28-20)19-31(26(32)29-25-13-6-5-12-24(25)27)23-14-16-30(17-15-23)18-21-9-3-2-4-10-21/h2-13,23H,14-19H2,1H3,(H,29,32). The van der Waals surface area contributed by atoms with Crippen molar-refractivity contribution in [2.24, 2.45) is 0 Å². The van der Waals surface area contributed by atoms with Gasteiger partial charge in [0.05, 0.1) is 17.9 Å². The lowest BCUT2D eigenvalue weighted by atomic mass is 10.0. The first kappa shape index (κ1) is 22.0. The molecule has 1 fully saturated rings. The number of pyridine rings is 1. The maximum Gasteiger partial charge on any atom is 0.322 e. The molecule has 166 valence electrons. The number of rotatable bonds is 6. The Bertz CT molecular complexity index is 1030. The maximum absolute atomic E-state index is 14.1. The van der Waals surface area contributed by atoms with E-state index in [4.69, 9.17) is 0 Å². The zero-order valence-corrected chi connectivity index (χ0v) is 18.4. The van der Waals surface area contributed by atoms with Crippen LogP contribution in [0.15, 0.2) is 72.8 Å². The smallest absolute Gasteiger partial charge is 0.316 e. The van der Waals surface area contributed by atoms with Crippen LogP contribution < -0.4 is 5.32 Å². The predicted molar refractivity (Wildman–Crippen MR) is 125 cm³/mol. The second-order valence-electron chi connectivity index (χ2n) is 8.30. The Labute approximate surface area is 188 Å². The summed E-state index contributed by atoms with van der Waals surface area (Å²) in [5.41, 5.74) is 3.24. The van der Waals surface area contributed by atoms with Gasteiger partial charge in [0, 0.05) is 31.4 Å². The Hall–Kier alpha value is -3.25. The van der Waals surface area contributed by atoms with Crippen LogP contribution in [0.1, 0.15) is 29.8 Å². The normalized spacial score (nSPS) is 14.8. The van der Waals surface area contributed by atoms with Gasteiger partial charge in [0.2, 0.25) is 0 Å². The first-order valence-corrected chi connectivity index (χ1v) is 11.1. The number of hydrogen-bond donors (Lipinski definition) is 1. The first-order chi connectivity index (χ1) is 15.6. The quantitative estimate of drug-likeness (QED) is 0.580. The van der Waals surface area contributed by atoms with Crippen molar-refractivity contribution in [1.29, 1.82) is 0 Å². The number of likely N-dealkylation sites (tertiary alicyclic amines) is 1. The molecule has 5 nitrogen and oxygen atoms in total. The number of aromatic nitrogens is 1. The van der Waals surface area contributed by atoms with E-state index in [1.165, 1.54) is 11.6 Å². The Morgan fingerprint density at radius 3 is 2.47 bits per heavy atom. The molecule has 0 radical (unpaired) electrons. The summed E-state index contributed by atoms with van der Waals surface area (Å²) in [5, 5.41) is 2.76. The summed E-state index contributed by atoms with van der Waals surface area (Å²) in [6.45, 7) is 5.06. The number of anilines is 1. The number of para-hydroxylation sites is 1. The highest BCUT2D eigenvalue weighted by Gasteiger charge is 2.29. The van der Waals surface area contributed by atoms with Crippen LogP contribution in [0.4, 0.5) is 14.9 Å². The summed E-state index contributed by atoms with van der Waals surface area (Å²) < 4.78 is 14.1. The summed E-state index contributed by atoms with van der Waals surface area (Å²) in [6, 6.07) is 22.3. The fourth-order valence-electron chi connectivity index (χ4n) is 4.21. The predicted octanol–water partition coefficient (Wildman–Crippen LogP) is 5.23. The van der Waals surface area contributed by atoms with E-state index >= 15 is 0 Å². The van der Waals surface area contributed by atoms with Crippen LogP contribution in [0.25, 0.3) is 0 Å². The van der Waals surface area contributed by atoms with Gasteiger partial charge >= 0.3 is 6.03 Å². The molecule has 1 aliphatic rings. The Morgan fingerprint density at radius 2 is 1.75 bits per heavy atom. The average Bonchev–Trinajstić information content (AvgIpc) is 2.80. The van der Waals surface area contributed by atoms with E-state index in [0.717, 1.165) is 43.9 Å². The van der Waals surface area contributed by atoms with Crippen molar-refractivity contribution in [3.05, 3.63) is 95.6 Å². The van der Waals surface area contributed by atoms with Gasteiger partial charge in [0.1, 0.15) is 5.82 Å². The molecule has 1 saturated heterocycles. The van der Waals surface area contributed by atoms with Gasteiger partial charge in [-0.15, -0.1) is 0 Å². The molecule has 6 heteroatoms. The van der Waals surface area contributed by atoms with Gasteiger partial charge in [-0.25, -0.2) is 9.18 Å². The van der Waals surface area contributed by atoms with Gasteiger partial charge in [-0.2, -0.15) is 0 Å². The molecule has 2 amide bonds. The largest absolute Gasteiger partial charge is 0.322 e. The minimum absolute atomic E-state index is 0.0658. The van der Waals surface area contributed by atoms with Crippen LogP contribution in [0.2, 0.25) is 0 Å². The monoisotopic (exact) mass is 432 g/mol.